The molecule has 0 bridgehead atoms. The highest BCUT2D eigenvalue weighted by atomic mass is 14.9. The van der Waals surface area contributed by atoms with E-state index in [-0.39, 0.29) is 0 Å². The maximum atomic E-state index is 5.46. The van der Waals surface area contributed by atoms with Crippen LogP contribution in [0.5, 0.6) is 0 Å². The summed E-state index contributed by atoms with van der Waals surface area (Å²) in [7, 11) is 5.46. The van der Waals surface area contributed by atoms with Crippen molar-refractivity contribution >= 4 is 13.3 Å². The van der Waals surface area contributed by atoms with E-state index >= 15 is 0 Å². The van der Waals surface area contributed by atoms with Gasteiger partial charge in [0.2, 0.25) is 0 Å². The molecule has 1 rings (SSSR count). The lowest BCUT2D eigenvalue weighted by Crippen LogP contribution is -2.11. The Morgan fingerprint density at radius 1 is 1.27 bits per heavy atom. The Hall–Kier alpha value is -0.855. The summed E-state index contributed by atoms with van der Waals surface area (Å²) >= 11 is 0. The molecule has 3 heteroatoms. The maximum absolute atomic E-state index is 5.46. The van der Waals surface area contributed by atoms with Gasteiger partial charge in [0.1, 0.15) is 13.7 Å². The largest absolute Gasteiger partial charge is 0.242 e. The summed E-state index contributed by atoms with van der Waals surface area (Å²) in [5.41, 5.74) is 1.50. The minimum Gasteiger partial charge on any atom is -0.242 e. The predicted molar refractivity (Wildman–Crippen MR) is 48.2 cm³/mol. The number of aryl methyl sites for hydroxylation is 2. The van der Waals surface area contributed by atoms with Crippen molar-refractivity contribution in [1.29, 1.82) is 0 Å². The highest BCUT2D eigenvalue weighted by Crippen LogP contribution is 1.85. The highest BCUT2D eigenvalue weighted by Gasteiger charge is 1.91. The Bertz CT molecular complexity index is 223. The van der Waals surface area contributed by atoms with E-state index in [0.29, 0.717) is 5.46 Å². The van der Waals surface area contributed by atoms with Gasteiger partial charge < -0.3 is 0 Å². The number of rotatable bonds is 0. The smallest absolute Gasteiger partial charge is 0.125 e. The number of aromatic nitrogens is 2. The van der Waals surface area contributed by atoms with E-state index in [1.54, 1.807) is 6.20 Å². The molecule has 1 aromatic rings. The van der Waals surface area contributed by atoms with Gasteiger partial charge in [-0.2, -0.15) is 0 Å². The zero-order valence-corrected chi connectivity index (χ0v) is 7.55. The molecule has 1 aromatic heterocycles. The molecule has 2 nitrogen and oxygen atoms in total. The molecule has 11 heavy (non-hydrogen) atoms. The molecule has 0 unspecified atom stereocenters. The van der Waals surface area contributed by atoms with Crippen molar-refractivity contribution in [3.8, 4) is 0 Å². The molecule has 1 heterocycles. The van der Waals surface area contributed by atoms with Gasteiger partial charge in [-0.1, -0.05) is 19.3 Å². The number of hydrogen-bond acceptors (Lipinski definition) is 2. The minimum atomic E-state index is 0.653. The Morgan fingerprint density at radius 2 is 1.82 bits per heavy atom. The predicted octanol–water partition coefficient (Wildman–Crippen LogP) is 0.913. The average molecular weight is 148 g/mol. The Labute approximate surface area is 69.5 Å². The summed E-state index contributed by atoms with van der Waals surface area (Å²) < 4.78 is 0. The fourth-order valence-electron chi connectivity index (χ4n) is 0.592. The molecule has 0 saturated carbocycles. The van der Waals surface area contributed by atoms with Crippen molar-refractivity contribution in [3.63, 3.8) is 0 Å². The zero-order valence-electron chi connectivity index (χ0n) is 7.55. The Balaban J connectivity index is 0.000000461. The second kappa shape index (κ2) is 4.88. The van der Waals surface area contributed by atoms with Gasteiger partial charge in [0.25, 0.3) is 0 Å². The van der Waals surface area contributed by atoms with Crippen molar-refractivity contribution in [2.75, 3.05) is 0 Å². The molecule has 0 saturated heterocycles. The van der Waals surface area contributed by atoms with E-state index in [0.717, 1.165) is 11.5 Å². The molecule has 0 aliphatic heterocycles. The first-order chi connectivity index (χ1) is 5.20. The van der Waals surface area contributed by atoms with Gasteiger partial charge in [-0.25, -0.2) is 9.97 Å². The van der Waals surface area contributed by atoms with Crippen molar-refractivity contribution in [3.05, 3.63) is 17.7 Å². The highest BCUT2D eigenvalue weighted by molar-refractivity contribution is 6.32. The van der Waals surface area contributed by atoms with Gasteiger partial charge in [0.15, 0.2) is 0 Å². The van der Waals surface area contributed by atoms with Crippen LogP contribution in [0.4, 0.5) is 0 Å². The zero-order chi connectivity index (χ0) is 8.85. The lowest BCUT2D eigenvalue weighted by atomic mass is 9.97. The van der Waals surface area contributed by atoms with Gasteiger partial charge in [-0.15, -0.1) is 0 Å². The third-order valence-corrected chi connectivity index (χ3v) is 1.14. The van der Waals surface area contributed by atoms with E-state index in [2.05, 4.69) is 9.97 Å². The van der Waals surface area contributed by atoms with Gasteiger partial charge in [-0.05, 0) is 13.8 Å². The van der Waals surface area contributed by atoms with Crippen molar-refractivity contribution in [2.45, 2.75) is 27.7 Å². The van der Waals surface area contributed by atoms with Gasteiger partial charge in [0.05, 0.1) is 0 Å². The van der Waals surface area contributed by atoms with E-state index in [9.17, 15) is 0 Å². The van der Waals surface area contributed by atoms with Crippen molar-refractivity contribution in [1.82, 2.24) is 9.97 Å². The van der Waals surface area contributed by atoms with Crippen LogP contribution < -0.4 is 5.46 Å². The average Bonchev–Trinajstić information content (AvgIpc) is 2.02. The topological polar surface area (TPSA) is 25.8 Å². The fourth-order valence-corrected chi connectivity index (χ4v) is 0.592. The molecule has 0 N–H and O–H groups in total. The van der Waals surface area contributed by atoms with E-state index in [1.165, 1.54) is 0 Å². The fraction of sp³-hybridized carbons (Fsp3) is 0.500. The summed E-state index contributed by atoms with van der Waals surface area (Å²) in [6, 6.07) is 0. The van der Waals surface area contributed by atoms with Crippen molar-refractivity contribution in [2.24, 2.45) is 0 Å². The molecule has 58 valence electrons. The van der Waals surface area contributed by atoms with Gasteiger partial charge in [-0.3, -0.25) is 0 Å². The molecule has 0 aliphatic rings. The van der Waals surface area contributed by atoms with Gasteiger partial charge in [0, 0.05) is 11.9 Å². The first-order valence-corrected chi connectivity index (χ1v) is 3.76. The quantitative estimate of drug-likeness (QED) is 0.511. The third kappa shape index (κ3) is 3.17. The summed E-state index contributed by atoms with van der Waals surface area (Å²) in [5.74, 6) is 0.765. The van der Waals surface area contributed by atoms with Crippen LogP contribution in [0.3, 0.4) is 0 Å². The molecule has 0 aliphatic carbocycles. The summed E-state index contributed by atoms with van der Waals surface area (Å²) in [4.78, 5) is 7.94. The second-order valence-electron chi connectivity index (χ2n) is 1.96. The van der Waals surface area contributed by atoms with E-state index in [4.69, 9.17) is 7.85 Å². The van der Waals surface area contributed by atoms with Crippen LogP contribution in [0, 0.1) is 13.8 Å². The molecular weight excluding hydrogens is 135 g/mol. The standard InChI is InChI=1S/C6H7BN2.C2H6/c1-4-6(7)3-8-5(2)9-4;1-2/h3H,1-2H3;1-2H3. The van der Waals surface area contributed by atoms with Crippen LogP contribution in [-0.2, 0) is 0 Å². The molecule has 0 amide bonds. The first kappa shape index (κ1) is 10.1. The lowest BCUT2D eigenvalue weighted by Gasteiger charge is -1.96. The SMILES string of the molecule is CC.[B]c1cnc(C)nc1C. The van der Waals surface area contributed by atoms with Gasteiger partial charge >= 0.3 is 0 Å². The summed E-state index contributed by atoms with van der Waals surface area (Å²) in [6.45, 7) is 7.70. The Kier molecular flexibility index (Phi) is 4.50. The summed E-state index contributed by atoms with van der Waals surface area (Å²) in [5, 5.41) is 0. The molecule has 0 fully saturated rings. The van der Waals surface area contributed by atoms with Crippen LogP contribution in [0.1, 0.15) is 25.4 Å². The molecule has 2 radical (unpaired) electrons. The van der Waals surface area contributed by atoms with Crippen LogP contribution >= 0.6 is 0 Å². The number of nitrogens with zero attached hydrogens (tertiary/aromatic N) is 2. The first-order valence-electron chi connectivity index (χ1n) is 3.76. The van der Waals surface area contributed by atoms with Crippen LogP contribution in [-0.4, -0.2) is 17.8 Å². The second-order valence-corrected chi connectivity index (χ2v) is 1.96. The van der Waals surface area contributed by atoms with Crippen LogP contribution in [0.25, 0.3) is 0 Å². The number of hydrogen-bond donors (Lipinski definition) is 0. The molecule has 0 spiro atoms. The van der Waals surface area contributed by atoms with Crippen LogP contribution in [0.15, 0.2) is 6.20 Å². The maximum Gasteiger partial charge on any atom is 0.125 e. The van der Waals surface area contributed by atoms with E-state index < -0.39 is 0 Å². The lowest BCUT2D eigenvalue weighted by molar-refractivity contribution is 1.02. The Morgan fingerprint density at radius 3 is 2.18 bits per heavy atom. The normalized spacial score (nSPS) is 8.36. The van der Waals surface area contributed by atoms with E-state index in [1.807, 2.05) is 27.7 Å². The van der Waals surface area contributed by atoms with Crippen molar-refractivity contribution < 1.29 is 0 Å². The monoisotopic (exact) mass is 148 g/mol. The molecular formula is C8H13BN2. The molecule has 0 aromatic carbocycles. The third-order valence-electron chi connectivity index (χ3n) is 1.14. The van der Waals surface area contributed by atoms with Crippen LogP contribution in [0.2, 0.25) is 0 Å². The molecule has 0 atom stereocenters. The minimum absolute atomic E-state index is 0.653. The summed E-state index contributed by atoms with van der Waals surface area (Å²) in [6.07, 6.45) is 1.62.